The summed E-state index contributed by atoms with van der Waals surface area (Å²) in [5, 5.41) is 16.0. The molecule has 8 N–H and O–H groups in total. The van der Waals surface area contributed by atoms with Crippen molar-refractivity contribution in [2.45, 2.75) is 9.79 Å². The van der Waals surface area contributed by atoms with E-state index < -0.39 is 30.0 Å². The van der Waals surface area contributed by atoms with E-state index in [4.69, 9.17) is 10.8 Å². The number of H-pyrrole nitrogens is 6. The zero-order chi connectivity index (χ0) is 36.9. The van der Waals surface area contributed by atoms with Crippen LogP contribution < -0.4 is 136 Å². The first kappa shape index (κ1) is 43.3. The number of hydrogen-bond acceptors (Lipinski definition) is 12. The molecule has 0 atom stereocenters. The Balaban J connectivity index is 0.00000325. The third kappa shape index (κ3) is 12.0. The second-order valence-corrected chi connectivity index (χ2v) is 13.4. The maximum atomic E-state index is 12.3. The third-order valence-electron chi connectivity index (χ3n) is 6.90. The molecule has 0 fully saturated rings. The first-order valence-electron chi connectivity index (χ1n) is 14.9. The van der Waals surface area contributed by atoms with E-state index in [9.17, 15) is 25.9 Å². The number of hydrogen-bond donors (Lipinski definition) is 8. The van der Waals surface area contributed by atoms with Crippen LogP contribution in [-0.2, 0) is 20.2 Å². The van der Waals surface area contributed by atoms with Crippen molar-refractivity contribution >= 4 is 55.1 Å². The van der Waals surface area contributed by atoms with E-state index in [1.54, 1.807) is 48.5 Å². The summed E-state index contributed by atoms with van der Waals surface area (Å²) in [5.74, 6) is 0. The van der Waals surface area contributed by atoms with Gasteiger partial charge in [0.15, 0.2) is 0 Å². The summed E-state index contributed by atoms with van der Waals surface area (Å²) in [6.45, 7) is 0. The topological polar surface area (TPSA) is 306 Å². The van der Waals surface area contributed by atoms with Gasteiger partial charge in [-0.1, -0.05) is 60.7 Å². The van der Waals surface area contributed by atoms with Gasteiger partial charge in [-0.3, -0.25) is 40.7 Å². The van der Waals surface area contributed by atoms with Crippen molar-refractivity contribution in [1.29, 1.82) is 10.8 Å². The van der Waals surface area contributed by atoms with Crippen molar-refractivity contribution in [3.63, 3.8) is 0 Å². The van der Waals surface area contributed by atoms with Crippen molar-refractivity contribution in [3.05, 3.63) is 142 Å². The van der Waals surface area contributed by atoms with E-state index >= 15 is 0 Å². The fraction of sp³-hybridized carbons (Fsp3) is 0. The molecule has 0 radical (unpaired) electrons. The Morgan fingerprint density at radius 3 is 1.09 bits per heavy atom. The van der Waals surface area contributed by atoms with Gasteiger partial charge in [0.05, 0.1) is 32.5 Å². The molecule has 0 unspecified atom stereocenters. The number of para-hydroxylation sites is 2. The quantitative estimate of drug-likeness (QED) is 0.0425. The Morgan fingerprint density at radius 1 is 0.463 bits per heavy atom. The van der Waals surface area contributed by atoms with Crippen molar-refractivity contribution in [2.75, 3.05) is 0 Å². The number of nitrogens with one attached hydrogen (secondary N) is 8. The van der Waals surface area contributed by atoms with Gasteiger partial charge in [-0.05, 0) is 59.7 Å². The summed E-state index contributed by atoms with van der Waals surface area (Å²) >= 11 is 0. The average molecular weight is 817 g/mol. The first-order chi connectivity index (χ1) is 24.8. The normalized spacial score (nSPS) is 13.1. The van der Waals surface area contributed by atoms with Crippen LogP contribution in [0, 0.1) is 10.8 Å². The monoisotopic (exact) mass is 816 g/mol. The predicted molar refractivity (Wildman–Crippen MR) is 182 cm³/mol. The summed E-state index contributed by atoms with van der Waals surface area (Å²) in [6.07, 6.45) is 2.34. The van der Waals surface area contributed by atoms with Gasteiger partial charge in [0.2, 0.25) is 33.7 Å². The number of rotatable bonds is 8. The summed E-state index contributed by atoms with van der Waals surface area (Å²) in [4.78, 5) is 32.2. The van der Waals surface area contributed by atoms with Crippen LogP contribution in [0.3, 0.4) is 0 Å². The maximum Gasteiger partial charge on any atom is 1.00 e. The summed E-state index contributed by atoms with van der Waals surface area (Å²) < 4.78 is 73.8. The van der Waals surface area contributed by atoms with Crippen LogP contribution in [-0.4, -0.2) is 55.8 Å². The van der Waals surface area contributed by atoms with Gasteiger partial charge in [-0.25, -0.2) is 36.8 Å². The molecule has 54 heavy (non-hydrogen) atoms. The number of aromatic nitrogens is 6. The van der Waals surface area contributed by atoms with E-state index in [2.05, 4.69) is 49.9 Å². The zero-order valence-electron chi connectivity index (χ0n) is 28.4. The van der Waals surface area contributed by atoms with Crippen LogP contribution in [0.25, 0.3) is 12.2 Å². The molecule has 18 nitrogen and oxygen atoms in total. The van der Waals surface area contributed by atoms with Gasteiger partial charge in [0.1, 0.15) is 20.2 Å². The Kier molecular flexibility index (Phi) is 15.2. The molecule has 22 heteroatoms. The molecular weight excluding hydrogens is 791 g/mol. The van der Waals surface area contributed by atoms with Crippen molar-refractivity contribution in [1.82, 2.24) is 29.9 Å². The second kappa shape index (κ2) is 18.9. The van der Waals surface area contributed by atoms with E-state index in [0.29, 0.717) is 11.4 Å². The van der Waals surface area contributed by atoms with Crippen LogP contribution in [0.1, 0.15) is 11.1 Å². The Labute approximate surface area is 390 Å². The number of benzene rings is 4. The fourth-order valence-corrected chi connectivity index (χ4v) is 6.08. The molecule has 6 aromatic rings. The number of nitrogens with zero attached hydrogens (tertiary/aromatic N) is 4. The molecule has 0 saturated carbocycles. The summed E-state index contributed by atoms with van der Waals surface area (Å²) in [7, 11) is -10.2. The van der Waals surface area contributed by atoms with E-state index in [1.807, 2.05) is 12.1 Å². The van der Waals surface area contributed by atoms with Crippen LogP contribution in [0.5, 0.6) is 0 Å². The summed E-state index contributed by atoms with van der Waals surface area (Å²) in [6, 6.07) is 25.1. The SMILES string of the molecule is N=c1[nH]c(=Nc2ccccc2)[nH]c(=Nc2ccc(/C=C/c3ccc(N=c4[nH]c(=N)[nH]c(=Nc5ccccc5)[nH]4)cc3S(=O)(=O)[O-])c(S(=O)(=O)[O-])c2)[nH]1.[K+].[K+]. The summed E-state index contributed by atoms with van der Waals surface area (Å²) in [5.41, 5.74) is 0.975. The van der Waals surface area contributed by atoms with Gasteiger partial charge in [-0.15, -0.1) is 0 Å². The predicted octanol–water partition coefficient (Wildman–Crippen LogP) is -4.47. The average Bonchev–Trinajstić information content (AvgIpc) is 3.07. The molecule has 2 heterocycles. The molecule has 0 bridgehead atoms. The first-order valence-corrected chi connectivity index (χ1v) is 17.7. The van der Waals surface area contributed by atoms with Gasteiger partial charge in [-0.2, -0.15) is 0 Å². The minimum absolute atomic E-state index is 0. The molecule has 6 rings (SSSR count). The molecule has 0 aliphatic carbocycles. The standard InChI is InChI=1S/C32H28N12O6S2.2K/c33-27-39-29(35-21-7-3-1-4-8-21)43-31(41-27)37-23-15-13-19(25(17-23)51(45,46)47)11-12-20-14-16-24(18-26(20)52(48,49)50)38-32-42-28(34)40-30(44-32)36-22-9-5-2-6-10-22;;/h1-18H,(H,45,46,47)(H,48,49,50)(H4,33,35,37,39,41,43)(H4,34,36,38,40,42,44);;/q;2*+1/p-2/b12-11+;;. The Hall–Kier alpha value is -3.47. The van der Waals surface area contributed by atoms with E-state index in [0.717, 1.165) is 12.1 Å². The van der Waals surface area contributed by atoms with Crippen LogP contribution in [0.4, 0.5) is 22.7 Å². The van der Waals surface area contributed by atoms with Gasteiger partial charge >= 0.3 is 103 Å². The molecule has 0 spiro atoms. The van der Waals surface area contributed by atoms with Crippen molar-refractivity contribution in [2.24, 2.45) is 20.0 Å². The zero-order valence-corrected chi connectivity index (χ0v) is 36.3. The second-order valence-electron chi connectivity index (χ2n) is 10.7. The molecule has 4 aromatic carbocycles. The van der Waals surface area contributed by atoms with Crippen molar-refractivity contribution < 1.29 is 129 Å². The van der Waals surface area contributed by atoms with Gasteiger partial charge < -0.3 is 9.11 Å². The Bertz CT molecular complexity index is 2770. The van der Waals surface area contributed by atoms with Gasteiger partial charge in [0, 0.05) is 0 Å². The van der Waals surface area contributed by atoms with Crippen molar-refractivity contribution in [3.8, 4) is 0 Å². The molecule has 264 valence electrons. The van der Waals surface area contributed by atoms with E-state index in [-0.39, 0.29) is 159 Å². The fourth-order valence-electron chi connectivity index (χ4n) is 4.70. The van der Waals surface area contributed by atoms with Crippen LogP contribution >= 0.6 is 0 Å². The molecular formula is C32H26K2N12O6S2. The number of aromatic amines is 6. The molecule has 0 aliphatic rings. The minimum Gasteiger partial charge on any atom is -0.744 e. The third-order valence-corrected chi connectivity index (χ3v) is 8.68. The largest absolute Gasteiger partial charge is 1.00 e. The maximum absolute atomic E-state index is 12.3. The minimum atomic E-state index is -5.09. The van der Waals surface area contributed by atoms with E-state index in [1.165, 1.54) is 36.4 Å². The van der Waals surface area contributed by atoms with Crippen LogP contribution in [0.2, 0.25) is 0 Å². The molecule has 0 amide bonds. The molecule has 2 aromatic heterocycles. The molecule has 0 aliphatic heterocycles. The molecule has 0 saturated heterocycles. The smallest absolute Gasteiger partial charge is 0.744 e. The van der Waals surface area contributed by atoms with Gasteiger partial charge in [0.25, 0.3) is 0 Å². The Morgan fingerprint density at radius 2 is 0.778 bits per heavy atom. The van der Waals surface area contributed by atoms with Crippen LogP contribution in [0.15, 0.2) is 127 Å².